The van der Waals surface area contributed by atoms with Crippen LogP contribution in [-0.2, 0) is 4.79 Å². The van der Waals surface area contributed by atoms with Crippen molar-refractivity contribution in [3.05, 3.63) is 23.9 Å². The minimum atomic E-state index is -0.205. The molecule has 1 aromatic rings. The zero-order valence-corrected chi connectivity index (χ0v) is 24.2. The van der Waals surface area contributed by atoms with Gasteiger partial charge in [0.05, 0.1) is 6.10 Å². The van der Waals surface area contributed by atoms with Crippen LogP contribution in [0.5, 0.6) is 6.01 Å². The molecular weight excluding hydrogens is 488 g/mol. The van der Waals surface area contributed by atoms with Crippen LogP contribution in [0.3, 0.4) is 0 Å². The third kappa shape index (κ3) is 4.76. The summed E-state index contributed by atoms with van der Waals surface area (Å²) < 4.78 is 0. The fourth-order valence-electron chi connectivity index (χ4n) is 10.0. The molecule has 39 heavy (non-hydrogen) atoms. The average molecular weight is 537 g/mol. The molecule has 1 aromatic heterocycles. The Morgan fingerprint density at radius 1 is 1.10 bits per heavy atom. The number of allylic oxidation sites excluding steroid dienone is 1. The van der Waals surface area contributed by atoms with Crippen molar-refractivity contribution in [2.24, 2.45) is 40.4 Å². The minimum absolute atomic E-state index is 0.133. The molecule has 3 saturated carbocycles. The first-order valence-corrected chi connectivity index (χ1v) is 15.6. The fraction of sp³-hybridized carbons (Fsp3) is 0.781. The van der Waals surface area contributed by atoms with Gasteiger partial charge in [0.15, 0.2) is 0 Å². The summed E-state index contributed by atoms with van der Waals surface area (Å²) in [5.74, 6) is 4.67. The van der Waals surface area contributed by atoms with E-state index in [4.69, 9.17) is 0 Å². The summed E-state index contributed by atoms with van der Waals surface area (Å²) in [7, 11) is 0. The topological polar surface area (TPSA) is 89.8 Å². The van der Waals surface area contributed by atoms with Gasteiger partial charge in [0.25, 0.3) is 0 Å². The highest BCUT2D eigenvalue weighted by Crippen LogP contribution is 2.67. The van der Waals surface area contributed by atoms with Crippen LogP contribution in [0.4, 0.5) is 5.82 Å². The molecule has 4 fully saturated rings. The summed E-state index contributed by atoms with van der Waals surface area (Å²) in [5.41, 5.74) is 2.26. The van der Waals surface area contributed by atoms with Gasteiger partial charge in [-0.25, -0.2) is 4.98 Å². The average Bonchev–Trinajstić information content (AvgIpc) is 3.29. The second kappa shape index (κ2) is 10.4. The van der Waals surface area contributed by atoms with E-state index in [-0.39, 0.29) is 18.0 Å². The SMILES string of the molecule is CC(CCC(=O)N1CCN(c2ccnc(O)n2)CC1)[C@H]1CC[C@H]2[C@@H]3CC=C4C[C@@H](O)CC[C@]4(C)[C@H]3CC[C@]12C. The smallest absolute Gasteiger partial charge is 0.315 e. The number of fused-ring (bicyclic) bond motifs is 5. The van der Waals surface area contributed by atoms with Crippen LogP contribution in [0.25, 0.3) is 0 Å². The lowest BCUT2D eigenvalue weighted by molar-refractivity contribution is -0.132. The fourth-order valence-corrected chi connectivity index (χ4v) is 10.0. The van der Waals surface area contributed by atoms with E-state index in [2.05, 4.69) is 41.7 Å². The molecule has 5 aliphatic rings. The van der Waals surface area contributed by atoms with Crippen LogP contribution < -0.4 is 4.90 Å². The van der Waals surface area contributed by atoms with Crippen LogP contribution in [0.1, 0.15) is 85.0 Å². The molecular formula is C32H48N4O3. The van der Waals surface area contributed by atoms with E-state index < -0.39 is 0 Å². The number of carbonyl (C=O) groups excluding carboxylic acids is 1. The molecule has 1 aliphatic heterocycles. The van der Waals surface area contributed by atoms with E-state index in [1.807, 2.05) is 11.0 Å². The van der Waals surface area contributed by atoms with Crippen LogP contribution in [-0.4, -0.2) is 63.3 Å². The van der Waals surface area contributed by atoms with Gasteiger partial charge in [0.2, 0.25) is 5.91 Å². The summed E-state index contributed by atoms with van der Waals surface area (Å²) >= 11 is 0. The molecule has 7 nitrogen and oxygen atoms in total. The number of hydrogen-bond acceptors (Lipinski definition) is 6. The third-order valence-electron chi connectivity index (χ3n) is 12.2. The van der Waals surface area contributed by atoms with E-state index in [1.54, 1.807) is 11.8 Å². The summed E-state index contributed by atoms with van der Waals surface area (Å²) in [5, 5.41) is 19.9. The van der Waals surface area contributed by atoms with Gasteiger partial charge in [0.1, 0.15) is 5.82 Å². The molecule has 0 bridgehead atoms. The number of nitrogens with zero attached hydrogens (tertiary/aromatic N) is 4. The summed E-state index contributed by atoms with van der Waals surface area (Å²) in [6.45, 7) is 10.4. The maximum Gasteiger partial charge on any atom is 0.315 e. The van der Waals surface area contributed by atoms with Crippen molar-refractivity contribution in [3.63, 3.8) is 0 Å². The van der Waals surface area contributed by atoms with Gasteiger partial charge in [-0.1, -0.05) is 32.4 Å². The Labute approximate surface area is 234 Å². The van der Waals surface area contributed by atoms with Crippen molar-refractivity contribution in [1.29, 1.82) is 0 Å². The monoisotopic (exact) mass is 536 g/mol. The molecule has 2 N–H and O–H groups in total. The number of aromatic nitrogens is 2. The van der Waals surface area contributed by atoms with E-state index in [0.717, 1.165) is 62.3 Å². The summed E-state index contributed by atoms with van der Waals surface area (Å²) in [6.07, 6.45) is 15.2. The first-order chi connectivity index (χ1) is 18.7. The number of rotatable bonds is 5. The lowest BCUT2D eigenvalue weighted by Gasteiger charge is -2.58. The Balaban J connectivity index is 1.04. The Morgan fingerprint density at radius 3 is 2.67 bits per heavy atom. The lowest BCUT2D eigenvalue weighted by Crippen LogP contribution is -2.51. The molecule has 1 amide bonds. The zero-order valence-electron chi connectivity index (χ0n) is 24.2. The normalized spacial score (nSPS) is 38.9. The number of aliphatic hydroxyl groups is 1. The van der Waals surface area contributed by atoms with Crippen molar-refractivity contribution >= 4 is 11.7 Å². The largest absolute Gasteiger partial charge is 0.479 e. The first kappa shape index (κ1) is 27.0. The van der Waals surface area contributed by atoms with E-state index in [9.17, 15) is 15.0 Å². The predicted molar refractivity (Wildman–Crippen MR) is 152 cm³/mol. The van der Waals surface area contributed by atoms with Gasteiger partial charge in [-0.15, -0.1) is 0 Å². The van der Waals surface area contributed by atoms with Crippen molar-refractivity contribution in [2.75, 3.05) is 31.1 Å². The van der Waals surface area contributed by atoms with Crippen LogP contribution in [0.15, 0.2) is 23.9 Å². The van der Waals surface area contributed by atoms with Gasteiger partial charge in [-0.3, -0.25) is 4.79 Å². The van der Waals surface area contributed by atoms with Crippen molar-refractivity contribution < 1.29 is 15.0 Å². The molecule has 0 radical (unpaired) electrons. The van der Waals surface area contributed by atoms with Crippen LogP contribution in [0, 0.1) is 40.4 Å². The van der Waals surface area contributed by atoms with E-state index >= 15 is 0 Å². The molecule has 214 valence electrons. The van der Waals surface area contributed by atoms with Gasteiger partial charge in [-0.2, -0.15) is 4.98 Å². The van der Waals surface area contributed by atoms with Gasteiger partial charge >= 0.3 is 6.01 Å². The number of hydrogen-bond donors (Lipinski definition) is 2. The highest BCUT2D eigenvalue weighted by Gasteiger charge is 2.59. The molecule has 0 spiro atoms. The number of piperazine rings is 1. The number of amides is 1. The summed E-state index contributed by atoms with van der Waals surface area (Å²) in [4.78, 5) is 25.2. The van der Waals surface area contributed by atoms with Crippen LogP contribution in [0.2, 0.25) is 0 Å². The maximum atomic E-state index is 13.2. The molecule has 1 unspecified atom stereocenters. The Morgan fingerprint density at radius 2 is 1.90 bits per heavy atom. The Hall–Kier alpha value is -2.15. The predicted octanol–water partition coefficient (Wildman–Crippen LogP) is 5.19. The van der Waals surface area contributed by atoms with Gasteiger partial charge in [0, 0.05) is 38.8 Å². The number of anilines is 1. The Bertz CT molecular complexity index is 1100. The zero-order chi connectivity index (χ0) is 27.4. The molecule has 8 atom stereocenters. The number of aliphatic hydroxyl groups excluding tert-OH is 1. The highest BCUT2D eigenvalue weighted by molar-refractivity contribution is 5.76. The molecule has 0 aromatic carbocycles. The molecule has 4 aliphatic carbocycles. The third-order valence-corrected chi connectivity index (χ3v) is 12.2. The van der Waals surface area contributed by atoms with Gasteiger partial charge < -0.3 is 20.0 Å². The minimum Gasteiger partial charge on any atom is -0.479 e. The second-order valence-corrected chi connectivity index (χ2v) is 14.0. The van der Waals surface area contributed by atoms with Crippen LogP contribution >= 0.6 is 0 Å². The number of carbonyl (C=O) groups is 1. The second-order valence-electron chi connectivity index (χ2n) is 14.0. The maximum absolute atomic E-state index is 13.2. The number of aromatic hydroxyl groups is 1. The summed E-state index contributed by atoms with van der Waals surface area (Å²) in [6, 6.07) is 1.61. The van der Waals surface area contributed by atoms with Crippen molar-refractivity contribution in [3.8, 4) is 6.01 Å². The molecule has 7 heteroatoms. The quantitative estimate of drug-likeness (QED) is 0.504. The molecule has 2 heterocycles. The molecule has 6 rings (SSSR count). The molecule has 1 saturated heterocycles. The first-order valence-electron chi connectivity index (χ1n) is 15.6. The van der Waals surface area contributed by atoms with Crippen molar-refractivity contribution in [1.82, 2.24) is 14.9 Å². The standard InChI is InChI=1S/C32H48N4O3/c1-21(4-9-29(38)36-18-16-35(17-19-36)28-12-15-33-30(39)34-28)25-7-8-26-24-6-5-22-20-23(37)10-13-31(22,2)27(24)11-14-32(25,26)3/h5,12,15,21,23-27,37H,4,6-11,13-14,16-20H2,1-3H3,(H,33,34,39)/t21?,23-,24-,25+,26-,27-,31-,32+/m0/s1. The van der Waals surface area contributed by atoms with E-state index in [1.165, 1.54) is 32.1 Å². The lowest BCUT2D eigenvalue weighted by atomic mass is 9.47. The van der Waals surface area contributed by atoms with Crippen molar-refractivity contribution in [2.45, 2.75) is 91.1 Å². The van der Waals surface area contributed by atoms with E-state index in [0.29, 0.717) is 42.2 Å². The van der Waals surface area contributed by atoms with Gasteiger partial charge in [-0.05, 0) is 104 Å². The Kier molecular flexibility index (Phi) is 7.18. The highest BCUT2D eigenvalue weighted by atomic mass is 16.3.